The lowest BCUT2D eigenvalue weighted by Crippen LogP contribution is -2.21. The van der Waals surface area contributed by atoms with Crippen LogP contribution in [0.4, 0.5) is 0 Å². The van der Waals surface area contributed by atoms with Crippen molar-refractivity contribution in [3.63, 3.8) is 0 Å². The van der Waals surface area contributed by atoms with Crippen molar-refractivity contribution >= 4 is 0 Å². The molecule has 1 aromatic heterocycles. The Labute approximate surface area is 84.3 Å². The van der Waals surface area contributed by atoms with Crippen molar-refractivity contribution in [2.24, 2.45) is 0 Å². The molecule has 1 aliphatic rings. The van der Waals surface area contributed by atoms with Crippen LogP contribution in [-0.2, 0) is 24.2 Å². The lowest BCUT2D eigenvalue weighted by molar-refractivity contribution is 0.147. The molecule has 1 aromatic rings. The first-order chi connectivity index (χ1) is 6.85. The summed E-state index contributed by atoms with van der Waals surface area (Å²) in [4.78, 5) is 2.38. The first kappa shape index (κ1) is 9.68. The van der Waals surface area contributed by atoms with Gasteiger partial charge in [-0.25, -0.2) is 0 Å². The number of nitrogens with one attached hydrogen (secondary N) is 1. The highest BCUT2D eigenvalue weighted by Crippen LogP contribution is 2.23. The van der Waals surface area contributed by atoms with Gasteiger partial charge in [-0.2, -0.15) is 5.10 Å². The van der Waals surface area contributed by atoms with Gasteiger partial charge in [-0.05, 0) is 6.42 Å². The van der Waals surface area contributed by atoms with E-state index in [0.717, 1.165) is 32.7 Å². The maximum Gasteiger partial charge on any atom is 0.0667 e. The minimum atomic E-state index is 0.805. The molecule has 78 valence electrons. The van der Waals surface area contributed by atoms with E-state index in [9.17, 15) is 0 Å². The first-order valence-corrected chi connectivity index (χ1v) is 5.11. The quantitative estimate of drug-likeness (QED) is 0.777. The Hall–Kier alpha value is -0.870. The molecule has 0 saturated heterocycles. The van der Waals surface area contributed by atoms with Gasteiger partial charge in [0.2, 0.25) is 0 Å². The van der Waals surface area contributed by atoms with E-state index < -0.39 is 0 Å². The standard InChI is InChI=1S/C10H17N3O/c1-3-9-8-6-13(4-5-14-2)7-10(8)12-11-9/h3-7H2,1-2H3,(H,11,12). The SMILES string of the molecule is CCc1n[nH]c2c1CN(CCOC)C2. The van der Waals surface area contributed by atoms with Crippen molar-refractivity contribution < 1.29 is 4.74 Å². The molecule has 0 saturated carbocycles. The van der Waals surface area contributed by atoms with Crippen LogP contribution in [0.3, 0.4) is 0 Å². The van der Waals surface area contributed by atoms with Crippen LogP contribution >= 0.6 is 0 Å². The summed E-state index contributed by atoms with van der Waals surface area (Å²) in [6.07, 6.45) is 1.02. The van der Waals surface area contributed by atoms with Crippen molar-refractivity contribution in [1.82, 2.24) is 15.1 Å². The van der Waals surface area contributed by atoms with Gasteiger partial charge in [0.05, 0.1) is 18.0 Å². The highest BCUT2D eigenvalue weighted by Gasteiger charge is 2.23. The summed E-state index contributed by atoms with van der Waals surface area (Å²) in [6, 6.07) is 0. The van der Waals surface area contributed by atoms with E-state index in [2.05, 4.69) is 22.0 Å². The topological polar surface area (TPSA) is 41.2 Å². The molecular weight excluding hydrogens is 178 g/mol. The third-order valence-corrected chi connectivity index (χ3v) is 2.75. The number of H-pyrrole nitrogens is 1. The summed E-state index contributed by atoms with van der Waals surface area (Å²) in [5.74, 6) is 0. The predicted molar refractivity (Wildman–Crippen MR) is 54.0 cm³/mol. The van der Waals surface area contributed by atoms with Crippen molar-refractivity contribution in [3.8, 4) is 0 Å². The normalized spacial score (nSPS) is 16.1. The summed E-state index contributed by atoms with van der Waals surface area (Å²) >= 11 is 0. The van der Waals surface area contributed by atoms with E-state index in [0.29, 0.717) is 0 Å². The van der Waals surface area contributed by atoms with E-state index in [-0.39, 0.29) is 0 Å². The van der Waals surface area contributed by atoms with Crippen LogP contribution in [0.2, 0.25) is 0 Å². The summed E-state index contributed by atoms with van der Waals surface area (Å²) in [5, 5.41) is 7.40. The lowest BCUT2D eigenvalue weighted by Gasteiger charge is -2.13. The molecule has 1 aliphatic heterocycles. The van der Waals surface area contributed by atoms with Gasteiger partial charge in [-0.3, -0.25) is 10.00 Å². The molecule has 0 fully saturated rings. The Morgan fingerprint density at radius 1 is 1.50 bits per heavy atom. The fourth-order valence-corrected chi connectivity index (χ4v) is 1.94. The van der Waals surface area contributed by atoms with Gasteiger partial charge in [0, 0.05) is 32.3 Å². The average Bonchev–Trinajstić information content (AvgIpc) is 2.73. The second-order valence-corrected chi connectivity index (χ2v) is 3.68. The zero-order chi connectivity index (χ0) is 9.97. The van der Waals surface area contributed by atoms with E-state index in [1.54, 1.807) is 7.11 Å². The number of hydrogen-bond donors (Lipinski definition) is 1. The number of hydrogen-bond acceptors (Lipinski definition) is 3. The van der Waals surface area contributed by atoms with Gasteiger partial charge in [0.25, 0.3) is 0 Å². The van der Waals surface area contributed by atoms with E-state index in [1.165, 1.54) is 17.0 Å². The molecule has 0 unspecified atom stereocenters. The summed E-state index contributed by atoms with van der Waals surface area (Å²) in [7, 11) is 1.74. The minimum absolute atomic E-state index is 0.805. The number of nitrogens with zero attached hydrogens (tertiary/aromatic N) is 2. The van der Waals surface area contributed by atoms with Crippen molar-refractivity contribution in [3.05, 3.63) is 17.0 Å². The molecule has 2 rings (SSSR count). The van der Waals surface area contributed by atoms with Crippen molar-refractivity contribution in [1.29, 1.82) is 0 Å². The molecule has 4 heteroatoms. The van der Waals surface area contributed by atoms with Crippen LogP contribution in [0.25, 0.3) is 0 Å². The Morgan fingerprint density at radius 3 is 3.07 bits per heavy atom. The van der Waals surface area contributed by atoms with Crippen LogP contribution < -0.4 is 0 Å². The van der Waals surface area contributed by atoms with E-state index in [4.69, 9.17) is 4.74 Å². The Morgan fingerprint density at radius 2 is 2.36 bits per heavy atom. The number of ether oxygens (including phenoxy) is 1. The molecular formula is C10H17N3O. The summed E-state index contributed by atoms with van der Waals surface area (Å²) in [5.41, 5.74) is 3.92. The first-order valence-electron chi connectivity index (χ1n) is 5.11. The smallest absolute Gasteiger partial charge is 0.0667 e. The average molecular weight is 195 g/mol. The Balaban J connectivity index is 2.00. The van der Waals surface area contributed by atoms with Gasteiger partial charge in [-0.1, -0.05) is 6.92 Å². The predicted octanol–water partition coefficient (Wildman–Crippen LogP) is 0.934. The number of aromatic nitrogens is 2. The molecule has 0 spiro atoms. The second-order valence-electron chi connectivity index (χ2n) is 3.68. The van der Waals surface area contributed by atoms with Crippen LogP contribution in [-0.4, -0.2) is 35.4 Å². The van der Waals surface area contributed by atoms with Crippen LogP contribution in [0.15, 0.2) is 0 Å². The Kier molecular flexibility index (Phi) is 2.84. The summed E-state index contributed by atoms with van der Waals surface area (Å²) < 4.78 is 5.07. The zero-order valence-electron chi connectivity index (χ0n) is 8.84. The van der Waals surface area contributed by atoms with Gasteiger partial charge < -0.3 is 4.74 Å². The summed E-state index contributed by atoms with van der Waals surface area (Å²) in [6.45, 7) is 5.97. The highest BCUT2D eigenvalue weighted by atomic mass is 16.5. The molecule has 1 N–H and O–H groups in total. The number of aryl methyl sites for hydroxylation is 1. The molecule has 14 heavy (non-hydrogen) atoms. The molecule has 4 nitrogen and oxygen atoms in total. The monoisotopic (exact) mass is 195 g/mol. The van der Waals surface area contributed by atoms with Gasteiger partial charge in [0.15, 0.2) is 0 Å². The molecule has 0 atom stereocenters. The number of rotatable bonds is 4. The van der Waals surface area contributed by atoms with Gasteiger partial charge in [0.1, 0.15) is 0 Å². The third kappa shape index (κ3) is 1.67. The maximum atomic E-state index is 5.07. The minimum Gasteiger partial charge on any atom is -0.383 e. The molecule has 0 amide bonds. The fourth-order valence-electron chi connectivity index (χ4n) is 1.94. The van der Waals surface area contributed by atoms with E-state index >= 15 is 0 Å². The molecule has 0 aromatic carbocycles. The molecule has 0 aliphatic carbocycles. The Bertz CT molecular complexity index is 308. The van der Waals surface area contributed by atoms with Crippen LogP contribution in [0.5, 0.6) is 0 Å². The third-order valence-electron chi connectivity index (χ3n) is 2.75. The van der Waals surface area contributed by atoms with Gasteiger partial charge >= 0.3 is 0 Å². The molecule has 2 heterocycles. The molecule has 0 bridgehead atoms. The zero-order valence-corrected chi connectivity index (χ0v) is 8.84. The maximum absolute atomic E-state index is 5.07. The lowest BCUT2D eigenvalue weighted by atomic mass is 10.2. The second kappa shape index (κ2) is 4.11. The fraction of sp³-hybridized carbons (Fsp3) is 0.700. The number of fused-ring (bicyclic) bond motifs is 1. The largest absolute Gasteiger partial charge is 0.383 e. The van der Waals surface area contributed by atoms with Crippen LogP contribution in [0.1, 0.15) is 23.9 Å². The number of aromatic amines is 1. The highest BCUT2D eigenvalue weighted by molar-refractivity contribution is 5.28. The van der Waals surface area contributed by atoms with E-state index in [1.807, 2.05) is 0 Å². The number of methoxy groups -OCH3 is 1. The van der Waals surface area contributed by atoms with Crippen molar-refractivity contribution in [2.45, 2.75) is 26.4 Å². The molecule has 0 radical (unpaired) electrons. The van der Waals surface area contributed by atoms with Crippen molar-refractivity contribution in [2.75, 3.05) is 20.3 Å². The van der Waals surface area contributed by atoms with Crippen LogP contribution in [0, 0.1) is 0 Å². The van der Waals surface area contributed by atoms with Gasteiger partial charge in [-0.15, -0.1) is 0 Å².